The largest absolute Gasteiger partial charge is 0.399 e. The van der Waals surface area contributed by atoms with Crippen LogP contribution in [0.2, 0.25) is 0 Å². The van der Waals surface area contributed by atoms with Gasteiger partial charge in [0.25, 0.3) is 0 Å². The van der Waals surface area contributed by atoms with Crippen molar-refractivity contribution in [2.75, 3.05) is 23.5 Å². The topological polar surface area (TPSA) is 106 Å². The SMILES string of the molecule is CS(=O)(=O)CCS(=O)(=O)NCc1cccc(N)c1. The number of hydrogen-bond donors (Lipinski definition) is 2. The summed E-state index contributed by atoms with van der Waals surface area (Å²) in [7, 11) is -6.88. The minimum Gasteiger partial charge on any atom is -0.399 e. The molecule has 18 heavy (non-hydrogen) atoms. The van der Waals surface area contributed by atoms with E-state index in [1.54, 1.807) is 24.3 Å². The van der Waals surface area contributed by atoms with Crippen molar-refractivity contribution >= 4 is 25.5 Å². The summed E-state index contributed by atoms with van der Waals surface area (Å²) in [5.74, 6) is -0.826. The van der Waals surface area contributed by atoms with Gasteiger partial charge < -0.3 is 5.73 Å². The van der Waals surface area contributed by atoms with E-state index in [0.29, 0.717) is 5.69 Å². The zero-order valence-electron chi connectivity index (χ0n) is 9.96. The molecule has 0 fully saturated rings. The Morgan fingerprint density at radius 1 is 1.17 bits per heavy atom. The standard InChI is InChI=1S/C10H16N2O4S2/c1-17(13,14)5-6-18(15,16)12-8-9-3-2-4-10(11)7-9/h2-4,7,12H,5-6,8,11H2,1H3. The minimum atomic E-state index is -3.60. The number of benzene rings is 1. The number of hydrogen-bond acceptors (Lipinski definition) is 5. The molecule has 6 nitrogen and oxygen atoms in total. The Balaban J connectivity index is 2.57. The van der Waals surface area contributed by atoms with Gasteiger partial charge in [0, 0.05) is 18.5 Å². The highest BCUT2D eigenvalue weighted by Crippen LogP contribution is 2.06. The molecule has 0 aliphatic rings. The summed E-state index contributed by atoms with van der Waals surface area (Å²) in [5, 5.41) is 0. The molecule has 0 saturated heterocycles. The van der Waals surface area contributed by atoms with Gasteiger partial charge in [-0.3, -0.25) is 0 Å². The summed E-state index contributed by atoms with van der Waals surface area (Å²) < 4.78 is 47.2. The number of nitrogens with two attached hydrogens (primary N) is 1. The second-order valence-corrected chi connectivity index (χ2v) is 8.20. The summed E-state index contributed by atoms with van der Waals surface area (Å²) in [6.07, 6.45) is 1.00. The second kappa shape index (κ2) is 5.68. The van der Waals surface area contributed by atoms with Crippen LogP contribution in [0, 0.1) is 0 Å². The molecule has 0 heterocycles. The Hall–Kier alpha value is -1.12. The Morgan fingerprint density at radius 2 is 1.83 bits per heavy atom. The van der Waals surface area contributed by atoms with Gasteiger partial charge >= 0.3 is 0 Å². The summed E-state index contributed by atoms with van der Waals surface area (Å²) in [6.45, 7) is 0.0944. The average Bonchev–Trinajstić information content (AvgIpc) is 2.24. The van der Waals surface area contributed by atoms with E-state index in [0.717, 1.165) is 11.8 Å². The molecule has 0 aromatic heterocycles. The van der Waals surface area contributed by atoms with Gasteiger partial charge in [-0.2, -0.15) is 0 Å². The van der Waals surface area contributed by atoms with Crippen LogP contribution in [-0.2, 0) is 26.4 Å². The van der Waals surface area contributed by atoms with Crippen molar-refractivity contribution in [1.82, 2.24) is 4.72 Å². The lowest BCUT2D eigenvalue weighted by Crippen LogP contribution is -2.29. The predicted octanol–water partition coefficient (Wildman–Crippen LogP) is -0.267. The van der Waals surface area contributed by atoms with Crippen LogP contribution in [0.3, 0.4) is 0 Å². The third kappa shape index (κ3) is 5.99. The van der Waals surface area contributed by atoms with Gasteiger partial charge in [0.05, 0.1) is 11.5 Å². The molecule has 1 aromatic rings. The van der Waals surface area contributed by atoms with Crippen LogP contribution in [0.1, 0.15) is 5.56 Å². The molecule has 0 aliphatic carbocycles. The van der Waals surface area contributed by atoms with Crippen molar-refractivity contribution in [3.63, 3.8) is 0 Å². The molecule has 3 N–H and O–H groups in total. The van der Waals surface area contributed by atoms with Crippen LogP contribution in [0.15, 0.2) is 24.3 Å². The molecule has 0 unspecified atom stereocenters. The zero-order valence-corrected chi connectivity index (χ0v) is 11.6. The normalized spacial score (nSPS) is 12.5. The number of sulfone groups is 1. The Morgan fingerprint density at radius 3 is 2.39 bits per heavy atom. The predicted molar refractivity (Wildman–Crippen MR) is 71.2 cm³/mol. The summed E-state index contributed by atoms with van der Waals surface area (Å²) in [5.41, 5.74) is 6.82. The molecular weight excluding hydrogens is 276 g/mol. The molecule has 102 valence electrons. The summed E-state index contributed by atoms with van der Waals surface area (Å²) in [4.78, 5) is 0. The van der Waals surface area contributed by atoms with Crippen molar-refractivity contribution in [3.8, 4) is 0 Å². The van der Waals surface area contributed by atoms with E-state index in [1.165, 1.54) is 0 Å². The Labute approximate surface area is 107 Å². The number of nitrogens with one attached hydrogen (secondary N) is 1. The molecule has 0 amide bonds. The van der Waals surface area contributed by atoms with Crippen LogP contribution < -0.4 is 10.5 Å². The smallest absolute Gasteiger partial charge is 0.212 e. The van der Waals surface area contributed by atoms with Crippen LogP contribution in [-0.4, -0.2) is 34.6 Å². The van der Waals surface area contributed by atoms with E-state index in [4.69, 9.17) is 5.73 Å². The second-order valence-electron chi connectivity index (χ2n) is 4.01. The highest BCUT2D eigenvalue weighted by Gasteiger charge is 2.13. The van der Waals surface area contributed by atoms with Crippen molar-refractivity contribution in [1.29, 1.82) is 0 Å². The van der Waals surface area contributed by atoms with Gasteiger partial charge in [0.2, 0.25) is 10.0 Å². The molecule has 0 saturated carbocycles. The van der Waals surface area contributed by atoms with E-state index < -0.39 is 25.6 Å². The highest BCUT2D eigenvalue weighted by atomic mass is 32.2. The molecule has 0 atom stereocenters. The third-order valence-corrected chi connectivity index (χ3v) is 4.70. The van der Waals surface area contributed by atoms with E-state index in [-0.39, 0.29) is 12.3 Å². The van der Waals surface area contributed by atoms with Gasteiger partial charge in [-0.25, -0.2) is 21.6 Å². The molecule has 0 aliphatic heterocycles. The average molecular weight is 292 g/mol. The molecule has 0 radical (unpaired) electrons. The van der Waals surface area contributed by atoms with Gasteiger partial charge in [-0.1, -0.05) is 12.1 Å². The number of nitrogen functional groups attached to an aromatic ring is 1. The van der Waals surface area contributed by atoms with Gasteiger partial charge in [0.1, 0.15) is 9.84 Å². The van der Waals surface area contributed by atoms with E-state index in [2.05, 4.69) is 4.72 Å². The van der Waals surface area contributed by atoms with Gasteiger partial charge in [-0.15, -0.1) is 0 Å². The molecule has 0 spiro atoms. The maximum absolute atomic E-state index is 11.5. The first-order valence-electron chi connectivity index (χ1n) is 5.17. The maximum atomic E-state index is 11.5. The monoisotopic (exact) mass is 292 g/mol. The highest BCUT2D eigenvalue weighted by molar-refractivity contribution is 7.93. The van der Waals surface area contributed by atoms with Gasteiger partial charge in [0.15, 0.2) is 0 Å². The molecule has 1 aromatic carbocycles. The molecule has 0 bridgehead atoms. The minimum absolute atomic E-state index is 0.0944. The first-order valence-corrected chi connectivity index (χ1v) is 8.89. The maximum Gasteiger partial charge on any atom is 0.212 e. The Bertz CT molecular complexity index is 609. The molecule has 1 rings (SSSR count). The fourth-order valence-electron chi connectivity index (χ4n) is 1.23. The lowest BCUT2D eigenvalue weighted by molar-refractivity contribution is 0.579. The zero-order chi connectivity index (χ0) is 13.8. The van der Waals surface area contributed by atoms with Crippen LogP contribution in [0.4, 0.5) is 5.69 Å². The van der Waals surface area contributed by atoms with Crippen molar-refractivity contribution in [2.45, 2.75) is 6.54 Å². The quantitative estimate of drug-likeness (QED) is 0.702. The van der Waals surface area contributed by atoms with E-state index in [1.807, 2.05) is 0 Å². The van der Waals surface area contributed by atoms with Gasteiger partial charge in [-0.05, 0) is 17.7 Å². The van der Waals surface area contributed by atoms with Crippen molar-refractivity contribution < 1.29 is 16.8 Å². The number of sulfonamides is 1. The first kappa shape index (κ1) is 14.9. The third-order valence-electron chi connectivity index (χ3n) is 2.17. The van der Waals surface area contributed by atoms with Crippen molar-refractivity contribution in [3.05, 3.63) is 29.8 Å². The van der Waals surface area contributed by atoms with Crippen LogP contribution >= 0.6 is 0 Å². The first-order chi connectivity index (χ1) is 8.18. The summed E-state index contributed by atoms with van der Waals surface area (Å²) in [6, 6.07) is 6.80. The van der Waals surface area contributed by atoms with E-state index >= 15 is 0 Å². The van der Waals surface area contributed by atoms with Crippen LogP contribution in [0.25, 0.3) is 0 Å². The number of anilines is 1. The van der Waals surface area contributed by atoms with E-state index in [9.17, 15) is 16.8 Å². The lowest BCUT2D eigenvalue weighted by Gasteiger charge is -2.06. The molecular formula is C10H16N2O4S2. The lowest BCUT2D eigenvalue weighted by atomic mass is 10.2. The fourth-order valence-corrected chi connectivity index (χ4v) is 3.85. The van der Waals surface area contributed by atoms with Crippen LogP contribution in [0.5, 0.6) is 0 Å². The summed E-state index contributed by atoms with van der Waals surface area (Å²) >= 11 is 0. The number of rotatable bonds is 6. The Kier molecular flexibility index (Phi) is 4.71. The molecule has 8 heteroatoms. The van der Waals surface area contributed by atoms with Crippen molar-refractivity contribution in [2.24, 2.45) is 0 Å². The fraction of sp³-hybridized carbons (Fsp3) is 0.400.